The summed E-state index contributed by atoms with van der Waals surface area (Å²) in [5.74, 6) is 0.946. The number of rotatable bonds is 6. The zero-order chi connectivity index (χ0) is 17.6. The molecule has 1 aliphatic rings. The number of amides is 2. The van der Waals surface area contributed by atoms with Gasteiger partial charge in [-0.2, -0.15) is 0 Å². The molecule has 0 saturated carbocycles. The number of carbonyl (C=O) groups excluding carboxylic acids is 2. The Balaban J connectivity index is 1.58. The van der Waals surface area contributed by atoms with Crippen LogP contribution >= 0.6 is 0 Å². The lowest BCUT2D eigenvalue weighted by Gasteiger charge is -2.20. The number of nitrogens with one attached hydrogen (secondary N) is 2. The molecule has 0 unspecified atom stereocenters. The summed E-state index contributed by atoms with van der Waals surface area (Å²) >= 11 is 0. The van der Waals surface area contributed by atoms with Gasteiger partial charge in [-0.1, -0.05) is 12.1 Å². The third kappa shape index (κ3) is 4.29. The van der Waals surface area contributed by atoms with Crippen molar-refractivity contribution in [3.63, 3.8) is 0 Å². The number of benzene rings is 2. The van der Waals surface area contributed by atoms with E-state index in [1.807, 2.05) is 19.1 Å². The molecule has 0 atom stereocenters. The molecule has 6 nitrogen and oxygen atoms in total. The summed E-state index contributed by atoms with van der Waals surface area (Å²) in [5, 5.41) is 5.57. The lowest BCUT2D eigenvalue weighted by Crippen LogP contribution is -2.23. The van der Waals surface area contributed by atoms with Crippen LogP contribution in [0.5, 0.6) is 11.5 Å². The topological polar surface area (TPSA) is 76.7 Å². The number of hydrogen-bond donors (Lipinski definition) is 2. The summed E-state index contributed by atoms with van der Waals surface area (Å²) < 4.78 is 11.0. The zero-order valence-corrected chi connectivity index (χ0v) is 14.0. The second-order valence-electron chi connectivity index (χ2n) is 5.63. The highest BCUT2D eigenvalue weighted by Crippen LogP contribution is 2.32. The number of hydrogen-bond acceptors (Lipinski definition) is 4. The maximum Gasteiger partial charge on any atom is 0.262 e. The first-order chi connectivity index (χ1) is 12.2. The van der Waals surface area contributed by atoms with E-state index >= 15 is 0 Å². The third-order valence-electron chi connectivity index (χ3n) is 3.81. The first-order valence-electron chi connectivity index (χ1n) is 8.23. The Morgan fingerprint density at radius 2 is 1.92 bits per heavy atom. The number of para-hydroxylation sites is 1. The maximum absolute atomic E-state index is 12.1. The Bertz CT molecular complexity index is 771. The Labute approximate surface area is 146 Å². The van der Waals surface area contributed by atoms with Crippen molar-refractivity contribution in [2.75, 3.05) is 23.8 Å². The quantitative estimate of drug-likeness (QED) is 0.847. The van der Waals surface area contributed by atoms with E-state index in [1.165, 1.54) is 0 Å². The van der Waals surface area contributed by atoms with Crippen molar-refractivity contribution in [3.8, 4) is 11.5 Å². The Kier molecular flexibility index (Phi) is 5.18. The summed E-state index contributed by atoms with van der Waals surface area (Å²) in [6.45, 7) is 2.37. The maximum atomic E-state index is 12.1. The van der Waals surface area contributed by atoms with Crippen molar-refractivity contribution in [2.45, 2.75) is 19.8 Å². The van der Waals surface area contributed by atoms with Crippen LogP contribution in [0.15, 0.2) is 42.5 Å². The molecular weight excluding hydrogens is 320 g/mol. The summed E-state index contributed by atoms with van der Waals surface area (Å²) in [6, 6.07) is 12.7. The summed E-state index contributed by atoms with van der Waals surface area (Å²) in [6.07, 6.45) is 1.14. The largest absolute Gasteiger partial charge is 0.494 e. The van der Waals surface area contributed by atoms with Gasteiger partial charge in [-0.15, -0.1) is 0 Å². The van der Waals surface area contributed by atoms with Crippen LogP contribution < -0.4 is 20.1 Å². The highest BCUT2D eigenvalue weighted by Gasteiger charge is 2.18. The van der Waals surface area contributed by atoms with Gasteiger partial charge in [0.05, 0.1) is 12.3 Å². The molecule has 1 aliphatic heterocycles. The average molecular weight is 340 g/mol. The van der Waals surface area contributed by atoms with Crippen LogP contribution in [0, 0.1) is 0 Å². The molecule has 0 aliphatic carbocycles. The molecule has 0 aromatic heterocycles. The lowest BCUT2D eigenvalue weighted by molar-refractivity contribution is -0.118. The Hall–Kier alpha value is -3.02. The molecule has 2 amide bonds. The monoisotopic (exact) mass is 340 g/mol. The van der Waals surface area contributed by atoms with Crippen LogP contribution in [0.4, 0.5) is 11.4 Å². The van der Waals surface area contributed by atoms with Crippen LogP contribution in [0.2, 0.25) is 0 Å². The van der Waals surface area contributed by atoms with Crippen molar-refractivity contribution in [3.05, 3.63) is 48.0 Å². The van der Waals surface area contributed by atoms with Crippen LogP contribution in [0.25, 0.3) is 0 Å². The summed E-state index contributed by atoms with van der Waals surface area (Å²) in [7, 11) is 0. The minimum atomic E-state index is -0.274. The van der Waals surface area contributed by atoms with E-state index in [0.29, 0.717) is 36.6 Å². The van der Waals surface area contributed by atoms with Crippen LogP contribution in [0.3, 0.4) is 0 Å². The van der Waals surface area contributed by atoms with Crippen LogP contribution in [-0.2, 0) is 16.0 Å². The van der Waals surface area contributed by atoms with E-state index in [0.717, 1.165) is 11.3 Å². The first-order valence-corrected chi connectivity index (χ1v) is 8.23. The second-order valence-corrected chi connectivity index (χ2v) is 5.63. The molecule has 6 heteroatoms. The molecule has 1 heterocycles. The Morgan fingerprint density at radius 3 is 2.68 bits per heavy atom. The van der Waals surface area contributed by atoms with E-state index in [2.05, 4.69) is 10.6 Å². The number of aryl methyl sites for hydroxylation is 1. The van der Waals surface area contributed by atoms with Crippen molar-refractivity contribution in [1.29, 1.82) is 0 Å². The molecule has 0 bridgehead atoms. The van der Waals surface area contributed by atoms with Gasteiger partial charge in [-0.25, -0.2) is 0 Å². The van der Waals surface area contributed by atoms with Crippen molar-refractivity contribution < 1.29 is 19.1 Å². The van der Waals surface area contributed by atoms with Gasteiger partial charge in [0, 0.05) is 12.1 Å². The molecule has 2 N–H and O–H groups in total. The molecule has 0 spiro atoms. The summed E-state index contributed by atoms with van der Waals surface area (Å²) in [4.78, 5) is 23.6. The fourth-order valence-corrected chi connectivity index (χ4v) is 2.64. The van der Waals surface area contributed by atoms with Gasteiger partial charge in [0.1, 0.15) is 11.5 Å². The number of ether oxygens (including phenoxy) is 2. The average Bonchev–Trinajstić information content (AvgIpc) is 2.62. The predicted octanol–water partition coefficient (Wildman–Crippen LogP) is 2.99. The predicted molar refractivity (Wildman–Crippen MR) is 95.1 cm³/mol. The number of carbonyl (C=O) groups is 2. The van der Waals surface area contributed by atoms with Gasteiger partial charge in [-0.3, -0.25) is 9.59 Å². The highest BCUT2D eigenvalue weighted by molar-refractivity contribution is 5.96. The summed E-state index contributed by atoms with van der Waals surface area (Å²) in [5.41, 5.74) is 2.34. The molecule has 2 aromatic rings. The van der Waals surface area contributed by atoms with E-state index < -0.39 is 0 Å². The molecule has 0 fully saturated rings. The fraction of sp³-hybridized carbons (Fsp3) is 0.263. The highest BCUT2D eigenvalue weighted by atomic mass is 16.5. The van der Waals surface area contributed by atoms with E-state index in [9.17, 15) is 9.59 Å². The van der Waals surface area contributed by atoms with Gasteiger partial charge in [0.15, 0.2) is 6.61 Å². The van der Waals surface area contributed by atoms with Gasteiger partial charge in [0.2, 0.25) is 5.91 Å². The number of fused-ring (bicyclic) bond motifs is 1. The molecule has 130 valence electrons. The van der Waals surface area contributed by atoms with E-state index in [-0.39, 0.29) is 18.4 Å². The molecule has 3 rings (SSSR count). The second kappa shape index (κ2) is 7.70. The van der Waals surface area contributed by atoms with Crippen molar-refractivity contribution in [1.82, 2.24) is 0 Å². The molecule has 2 aromatic carbocycles. The standard InChI is InChI=1S/C19H20N2O4/c1-2-24-15-9-7-14(8-10-15)20-18(23)12-25-16-5-3-4-13-6-11-17(22)21-19(13)16/h3-5,7-10H,2,6,11-12H2,1H3,(H,20,23)(H,21,22). The molecule has 25 heavy (non-hydrogen) atoms. The van der Waals surface area contributed by atoms with E-state index in [4.69, 9.17) is 9.47 Å². The van der Waals surface area contributed by atoms with Crippen LogP contribution in [0.1, 0.15) is 18.9 Å². The SMILES string of the molecule is CCOc1ccc(NC(=O)COc2cccc3c2NC(=O)CC3)cc1. The van der Waals surface area contributed by atoms with Gasteiger partial charge < -0.3 is 20.1 Å². The minimum absolute atomic E-state index is 0.0395. The number of anilines is 2. The fourth-order valence-electron chi connectivity index (χ4n) is 2.64. The molecular formula is C19H20N2O4. The zero-order valence-electron chi connectivity index (χ0n) is 14.0. The normalized spacial score (nSPS) is 12.8. The van der Waals surface area contributed by atoms with Gasteiger partial charge in [0.25, 0.3) is 5.91 Å². The van der Waals surface area contributed by atoms with Gasteiger partial charge in [-0.05, 0) is 49.2 Å². The van der Waals surface area contributed by atoms with Crippen molar-refractivity contribution in [2.24, 2.45) is 0 Å². The molecule has 0 radical (unpaired) electrons. The molecule has 0 saturated heterocycles. The Morgan fingerprint density at radius 1 is 1.12 bits per heavy atom. The minimum Gasteiger partial charge on any atom is -0.494 e. The van der Waals surface area contributed by atoms with Crippen molar-refractivity contribution >= 4 is 23.2 Å². The third-order valence-corrected chi connectivity index (χ3v) is 3.81. The smallest absolute Gasteiger partial charge is 0.262 e. The van der Waals surface area contributed by atoms with Gasteiger partial charge >= 0.3 is 0 Å². The van der Waals surface area contributed by atoms with Crippen LogP contribution in [-0.4, -0.2) is 25.0 Å². The lowest BCUT2D eigenvalue weighted by atomic mass is 10.0. The first kappa shape index (κ1) is 16.8. The van der Waals surface area contributed by atoms with E-state index in [1.54, 1.807) is 30.3 Å².